The van der Waals surface area contributed by atoms with Crippen molar-refractivity contribution in [1.82, 2.24) is 10.6 Å². The normalized spacial score (nSPS) is 23.1. The molecule has 0 unspecified atom stereocenters. The molecule has 11 heteroatoms. The van der Waals surface area contributed by atoms with Crippen LogP contribution in [0.2, 0.25) is 5.02 Å². The molecule has 1 aliphatic rings. The molecule has 2 aromatic rings. The highest BCUT2D eigenvalue weighted by Crippen LogP contribution is 2.29. The summed E-state index contributed by atoms with van der Waals surface area (Å²) in [6, 6.07) is 9.95. The summed E-state index contributed by atoms with van der Waals surface area (Å²) in [5.41, 5.74) is -2.55. The van der Waals surface area contributed by atoms with Crippen LogP contribution >= 0.6 is 11.6 Å². The second kappa shape index (κ2) is 9.45. The van der Waals surface area contributed by atoms with E-state index in [1.54, 1.807) is 18.2 Å². The molecule has 3 rings (SSSR count). The number of hydrogen-bond donors (Lipinski definition) is 4. The molecule has 32 heavy (non-hydrogen) atoms. The first-order chi connectivity index (χ1) is 15.0. The van der Waals surface area contributed by atoms with Crippen LogP contribution < -0.4 is 10.6 Å². The monoisotopic (exact) mass is 472 g/mol. The molecule has 172 valence electrons. The Bertz CT molecular complexity index is 986. The number of aliphatic hydroxyl groups is 2. The van der Waals surface area contributed by atoms with Gasteiger partial charge in [-0.05, 0) is 36.4 Å². The highest BCUT2D eigenvalue weighted by atomic mass is 35.5. The quantitative estimate of drug-likeness (QED) is 0.514. The Morgan fingerprint density at radius 1 is 1.09 bits per heavy atom. The van der Waals surface area contributed by atoms with Crippen molar-refractivity contribution in [1.29, 1.82) is 0 Å². The highest BCUT2D eigenvalue weighted by molar-refractivity contribution is 6.33. The van der Waals surface area contributed by atoms with Crippen LogP contribution in [-0.2, 0) is 10.9 Å². The van der Waals surface area contributed by atoms with Crippen LogP contribution in [0.1, 0.15) is 26.3 Å². The van der Waals surface area contributed by atoms with Crippen LogP contribution in [0.25, 0.3) is 0 Å². The minimum Gasteiger partial charge on any atom is -0.387 e. The van der Waals surface area contributed by atoms with E-state index >= 15 is 0 Å². The number of rotatable bonds is 6. The van der Waals surface area contributed by atoms with Gasteiger partial charge in [0.15, 0.2) is 0 Å². The number of carbonyl (C=O) groups excluding carboxylic acids is 2. The third-order valence-electron chi connectivity index (χ3n) is 5.06. The van der Waals surface area contributed by atoms with Crippen molar-refractivity contribution in [2.24, 2.45) is 0 Å². The average molecular weight is 473 g/mol. The molecule has 1 aliphatic heterocycles. The topological polar surface area (TPSA) is 108 Å². The largest absolute Gasteiger partial charge is 0.416 e. The maximum atomic E-state index is 12.6. The summed E-state index contributed by atoms with van der Waals surface area (Å²) in [6.07, 6.45) is -6.91. The molecule has 0 saturated carbocycles. The molecule has 1 fully saturated rings. The molecule has 0 aromatic heterocycles. The van der Waals surface area contributed by atoms with Gasteiger partial charge in [-0.2, -0.15) is 13.2 Å². The number of halogens is 4. The van der Waals surface area contributed by atoms with Crippen LogP contribution in [-0.4, -0.2) is 59.5 Å². The molecule has 1 heterocycles. The minimum atomic E-state index is -4.52. The Labute approximate surface area is 186 Å². The Balaban J connectivity index is 1.53. The number of amides is 2. The SMILES string of the molecule is O=C(NC[C@]1(O)CO[C@H](CNC(=O)c2ccccc2Cl)[C@H]1O)c1ccc(C(F)(F)F)cc1. The number of alkyl halides is 3. The molecule has 0 aliphatic carbocycles. The number of ether oxygens (including phenoxy) is 1. The van der Waals surface area contributed by atoms with Gasteiger partial charge in [0.05, 0.1) is 29.3 Å². The van der Waals surface area contributed by atoms with E-state index < -0.39 is 47.9 Å². The zero-order chi connectivity index (χ0) is 23.5. The van der Waals surface area contributed by atoms with Crippen molar-refractivity contribution in [3.05, 3.63) is 70.2 Å². The maximum absolute atomic E-state index is 12.6. The van der Waals surface area contributed by atoms with Crippen molar-refractivity contribution >= 4 is 23.4 Å². The van der Waals surface area contributed by atoms with Crippen LogP contribution in [0.5, 0.6) is 0 Å². The highest BCUT2D eigenvalue weighted by Gasteiger charge is 2.48. The van der Waals surface area contributed by atoms with E-state index in [4.69, 9.17) is 16.3 Å². The average Bonchev–Trinajstić information content (AvgIpc) is 3.04. The standard InChI is InChI=1S/C21H20ClF3N2O5/c22-15-4-2-1-3-14(15)19(30)26-9-16-17(28)20(31,11-32-16)10-27-18(29)12-5-7-13(8-6-12)21(23,24)25/h1-8,16-17,28,31H,9-11H2,(H,26,30)(H,27,29)/t16-,17-,20+/m1/s1. The molecule has 0 bridgehead atoms. The van der Waals surface area contributed by atoms with E-state index in [1.807, 2.05) is 0 Å². The molecule has 7 nitrogen and oxygen atoms in total. The molecule has 2 amide bonds. The van der Waals surface area contributed by atoms with Crippen LogP contribution in [0, 0.1) is 0 Å². The van der Waals surface area contributed by atoms with Crippen molar-refractivity contribution < 1.29 is 37.7 Å². The molecule has 2 aromatic carbocycles. The lowest BCUT2D eigenvalue weighted by Gasteiger charge is -2.26. The van der Waals surface area contributed by atoms with Crippen molar-refractivity contribution in [2.45, 2.75) is 24.0 Å². The number of aliphatic hydroxyl groups excluding tert-OH is 1. The van der Waals surface area contributed by atoms with Gasteiger partial charge in [-0.1, -0.05) is 23.7 Å². The summed E-state index contributed by atoms with van der Waals surface area (Å²) in [4.78, 5) is 24.4. The molecule has 3 atom stereocenters. The van der Waals surface area contributed by atoms with E-state index in [9.17, 15) is 33.0 Å². The van der Waals surface area contributed by atoms with Crippen molar-refractivity contribution in [3.8, 4) is 0 Å². The van der Waals surface area contributed by atoms with E-state index in [2.05, 4.69) is 10.6 Å². The second-order valence-electron chi connectivity index (χ2n) is 7.35. The lowest BCUT2D eigenvalue weighted by Crippen LogP contribution is -2.53. The molecule has 4 N–H and O–H groups in total. The first-order valence-electron chi connectivity index (χ1n) is 9.51. The summed E-state index contributed by atoms with van der Waals surface area (Å²) in [5.74, 6) is -1.22. The van der Waals surface area contributed by atoms with Gasteiger partial charge in [0.1, 0.15) is 17.8 Å². The Morgan fingerprint density at radius 2 is 1.75 bits per heavy atom. The van der Waals surface area contributed by atoms with Gasteiger partial charge < -0.3 is 25.6 Å². The lowest BCUT2D eigenvalue weighted by atomic mass is 9.96. The first kappa shape index (κ1) is 24.0. The number of hydrogen-bond acceptors (Lipinski definition) is 5. The van der Waals surface area contributed by atoms with Gasteiger partial charge in [-0.25, -0.2) is 0 Å². The van der Waals surface area contributed by atoms with Crippen LogP contribution in [0.4, 0.5) is 13.2 Å². The van der Waals surface area contributed by atoms with Crippen LogP contribution in [0.15, 0.2) is 48.5 Å². The van der Waals surface area contributed by atoms with Crippen molar-refractivity contribution in [3.63, 3.8) is 0 Å². The van der Waals surface area contributed by atoms with E-state index in [0.29, 0.717) is 0 Å². The van der Waals surface area contributed by atoms with E-state index in [1.165, 1.54) is 6.07 Å². The Morgan fingerprint density at radius 3 is 2.38 bits per heavy atom. The van der Waals surface area contributed by atoms with Gasteiger partial charge >= 0.3 is 6.18 Å². The van der Waals surface area contributed by atoms with Gasteiger partial charge in [-0.3, -0.25) is 9.59 Å². The molecule has 0 radical (unpaired) electrons. The molecule has 1 saturated heterocycles. The van der Waals surface area contributed by atoms with E-state index in [-0.39, 0.29) is 29.3 Å². The third kappa shape index (κ3) is 5.39. The third-order valence-corrected chi connectivity index (χ3v) is 5.39. The molecular weight excluding hydrogens is 453 g/mol. The van der Waals surface area contributed by atoms with Gasteiger partial charge in [-0.15, -0.1) is 0 Å². The van der Waals surface area contributed by atoms with E-state index in [0.717, 1.165) is 24.3 Å². The minimum absolute atomic E-state index is 0.0430. The van der Waals surface area contributed by atoms with Gasteiger partial charge in [0, 0.05) is 12.1 Å². The Hall–Kier alpha value is -2.66. The van der Waals surface area contributed by atoms with Gasteiger partial charge in [0.2, 0.25) is 0 Å². The smallest absolute Gasteiger partial charge is 0.387 e. The zero-order valence-corrected chi connectivity index (χ0v) is 17.3. The predicted molar refractivity (Wildman–Crippen MR) is 108 cm³/mol. The summed E-state index contributed by atoms with van der Waals surface area (Å²) < 4.78 is 43.2. The summed E-state index contributed by atoms with van der Waals surface area (Å²) in [6.45, 7) is -0.864. The summed E-state index contributed by atoms with van der Waals surface area (Å²) in [7, 11) is 0. The fourth-order valence-corrected chi connectivity index (χ4v) is 3.40. The summed E-state index contributed by atoms with van der Waals surface area (Å²) in [5, 5.41) is 26.2. The second-order valence-corrected chi connectivity index (χ2v) is 7.75. The molecule has 0 spiro atoms. The first-order valence-corrected chi connectivity index (χ1v) is 9.89. The number of carbonyl (C=O) groups is 2. The Kier molecular flexibility index (Phi) is 7.09. The summed E-state index contributed by atoms with van der Waals surface area (Å²) >= 11 is 5.96. The molecular formula is C21H20ClF3N2O5. The zero-order valence-electron chi connectivity index (χ0n) is 16.5. The van der Waals surface area contributed by atoms with Crippen LogP contribution in [0.3, 0.4) is 0 Å². The van der Waals surface area contributed by atoms with Crippen molar-refractivity contribution in [2.75, 3.05) is 19.7 Å². The number of benzene rings is 2. The number of nitrogens with one attached hydrogen (secondary N) is 2. The fourth-order valence-electron chi connectivity index (χ4n) is 3.18. The lowest BCUT2D eigenvalue weighted by molar-refractivity contribution is -0.137. The maximum Gasteiger partial charge on any atom is 0.416 e. The fraction of sp³-hybridized carbons (Fsp3) is 0.333. The van der Waals surface area contributed by atoms with Gasteiger partial charge in [0.25, 0.3) is 11.8 Å². The predicted octanol–water partition coefficient (Wildman–Crippen LogP) is 2.01.